The van der Waals surface area contributed by atoms with Crippen LogP contribution in [0.1, 0.15) is 17.5 Å². The number of carbonyl (C=O) groups is 2. The van der Waals surface area contributed by atoms with E-state index in [1.165, 1.54) is 6.26 Å². The zero-order valence-corrected chi connectivity index (χ0v) is 13.6. The second kappa shape index (κ2) is 8.61. The van der Waals surface area contributed by atoms with Gasteiger partial charge in [0.1, 0.15) is 11.5 Å². The summed E-state index contributed by atoms with van der Waals surface area (Å²) in [5.74, 6) is 0.934. The molecule has 1 aromatic carbocycles. The topological polar surface area (TPSA) is 89.8 Å². The van der Waals surface area contributed by atoms with Gasteiger partial charge in [0.05, 0.1) is 13.4 Å². The summed E-state index contributed by atoms with van der Waals surface area (Å²) in [6.45, 7) is 2.24. The Morgan fingerprint density at radius 2 is 1.75 bits per heavy atom. The van der Waals surface area contributed by atoms with E-state index in [9.17, 15) is 9.59 Å². The molecule has 2 amide bonds. The maximum atomic E-state index is 12.0. The highest BCUT2D eigenvalue weighted by Crippen LogP contribution is 2.18. The number of hydrogen-bond acceptors (Lipinski definition) is 5. The van der Waals surface area contributed by atoms with Crippen molar-refractivity contribution in [1.29, 1.82) is 0 Å². The van der Waals surface area contributed by atoms with Crippen molar-refractivity contribution in [2.75, 3.05) is 20.2 Å². The third-order valence-corrected chi connectivity index (χ3v) is 3.20. The molecule has 1 heterocycles. The molecule has 0 saturated carbocycles. The van der Waals surface area contributed by atoms with Crippen molar-refractivity contribution >= 4 is 11.8 Å². The summed E-state index contributed by atoms with van der Waals surface area (Å²) >= 11 is 0. The Labute approximate surface area is 139 Å². The second-order valence-electron chi connectivity index (χ2n) is 4.96. The summed E-state index contributed by atoms with van der Waals surface area (Å²) < 4.78 is 15.6. The lowest BCUT2D eigenvalue weighted by atomic mass is 10.3. The third kappa shape index (κ3) is 5.05. The summed E-state index contributed by atoms with van der Waals surface area (Å²) in [4.78, 5) is 23.6. The van der Waals surface area contributed by atoms with Crippen LogP contribution in [0, 0.1) is 0 Å². The quantitative estimate of drug-likeness (QED) is 0.717. The van der Waals surface area contributed by atoms with Crippen molar-refractivity contribution < 1.29 is 23.5 Å². The minimum Gasteiger partial charge on any atom is -0.497 e. The van der Waals surface area contributed by atoms with Crippen LogP contribution < -0.4 is 20.1 Å². The summed E-state index contributed by atoms with van der Waals surface area (Å²) in [5, 5.41) is 5.33. The van der Waals surface area contributed by atoms with Crippen LogP contribution in [0.3, 0.4) is 0 Å². The van der Waals surface area contributed by atoms with E-state index >= 15 is 0 Å². The van der Waals surface area contributed by atoms with Crippen LogP contribution in [-0.4, -0.2) is 38.1 Å². The molecule has 24 heavy (non-hydrogen) atoms. The number of methoxy groups -OCH3 is 1. The van der Waals surface area contributed by atoms with Gasteiger partial charge >= 0.3 is 0 Å². The number of rotatable bonds is 8. The van der Waals surface area contributed by atoms with E-state index in [1.54, 1.807) is 50.4 Å². The van der Waals surface area contributed by atoms with Gasteiger partial charge in [-0.25, -0.2) is 0 Å². The van der Waals surface area contributed by atoms with Crippen LogP contribution in [0.25, 0.3) is 0 Å². The first kappa shape index (κ1) is 17.4. The average molecular weight is 332 g/mol. The highest BCUT2D eigenvalue weighted by molar-refractivity contribution is 5.91. The normalized spacial score (nSPS) is 11.4. The molecule has 0 radical (unpaired) electrons. The molecule has 0 aliphatic rings. The van der Waals surface area contributed by atoms with Gasteiger partial charge in [-0.05, 0) is 43.3 Å². The Kier molecular flexibility index (Phi) is 6.24. The molecule has 0 spiro atoms. The van der Waals surface area contributed by atoms with Crippen molar-refractivity contribution in [3.05, 3.63) is 48.4 Å². The molecule has 0 fully saturated rings. The molecular weight excluding hydrogens is 312 g/mol. The molecule has 0 aliphatic heterocycles. The predicted octanol–water partition coefficient (Wildman–Crippen LogP) is 1.60. The Morgan fingerprint density at radius 3 is 2.38 bits per heavy atom. The average Bonchev–Trinajstić information content (AvgIpc) is 3.13. The van der Waals surface area contributed by atoms with Gasteiger partial charge in [0.25, 0.3) is 11.8 Å². The lowest BCUT2D eigenvalue weighted by molar-refractivity contribution is -0.127. The molecule has 2 rings (SSSR count). The lowest BCUT2D eigenvalue weighted by Gasteiger charge is -2.15. The zero-order chi connectivity index (χ0) is 17.4. The van der Waals surface area contributed by atoms with Crippen LogP contribution in [-0.2, 0) is 4.79 Å². The van der Waals surface area contributed by atoms with Crippen LogP contribution in [0.5, 0.6) is 11.5 Å². The van der Waals surface area contributed by atoms with E-state index < -0.39 is 6.10 Å². The second-order valence-corrected chi connectivity index (χ2v) is 4.96. The third-order valence-electron chi connectivity index (χ3n) is 3.20. The smallest absolute Gasteiger partial charge is 0.287 e. The molecule has 2 aromatic rings. The standard InChI is InChI=1S/C17H20N2O5/c1-12(24-14-7-5-13(22-2)6-8-14)16(20)18-9-10-19-17(21)15-4-3-11-23-15/h3-8,11-12H,9-10H2,1-2H3,(H,18,20)(H,19,21). The van der Waals surface area contributed by atoms with Crippen LogP contribution in [0.4, 0.5) is 0 Å². The molecule has 128 valence electrons. The molecule has 1 atom stereocenters. The highest BCUT2D eigenvalue weighted by Gasteiger charge is 2.14. The highest BCUT2D eigenvalue weighted by atomic mass is 16.5. The monoisotopic (exact) mass is 332 g/mol. The molecule has 0 bridgehead atoms. The fourth-order valence-corrected chi connectivity index (χ4v) is 1.91. The molecule has 2 N–H and O–H groups in total. The van der Waals surface area contributed by atoms with Gasteiger partial charge < -0.3 is 24.5 Å². The van der Waals surface area contributed by atoms with E-state index in [2.05, 4.69) is 10.6 Å². The van der Waals surface area contributed by atoms with Crippen molar-refractivity contribution in [3.63, 3.8) is 0 Å². The molecule has 0 saturated heterocycles. The van der Waals surface area contributed by atoms with Gasteiger partial charge in [-0.2, -0.15) is 0 Å². The Bertz CT molecular complexity index is 652. The SMILES string of the molecule is COc1ccc(OC(C)C(=O)NCCNC(=O)c2ccco2)cc1. The van der Waals surface area contributed by atoms with Gasteiger partial charge in [-0.15, -0.1) is 0 Å². The molecule has 1 unspecified atom stereocenters. The largest absolute Gasteiger partial charge is 0.497 e. The molecule has 0 aliphatic carbocycles. The first-order valence-electron chi connectivity index (χ1n) is 7.50. The first-order chi connectivity index (χ1) is 11.6. The number of amides is 2. The lowest BCUT2D eigenvalue weighted by Crippen LogP contribution is -2.40. The zero-order valence-electron chi connectivity index (χ0n) is 13.6. The van der Waals surface area contributed by atoms with Crippen LogP contribution >= 0.6 is 0 Å². The van der Waals surface area contributed by atoms with Crippen LogP contribution in [0.15, 0.2) is 47.1 Å². The molecule has 7 heteroatoms. The van der Waals surface area contributed by atoms with Crippen LogP contribution in [0.2, 0.25) is 0 Å². The number of carbonyl (C=O) groups excluding carboxylic acids is 2. The van der Waals surface area contributed by atoms with Gasteiger partial charge in [-0.3, -0.25) is 9.59 Å². The van der Waals surface area contributed by atoms with Gasteiger partial charge in [-0.1, -0.05) is 0 Å². The van der Waals surface area contributed by atoms with Gasteiger partial charge in [0, 0.05) is 13.1 Å². The summed E-state index contributed by atoms with van der Waals surface area (Å²) in [5.41, 5.74) is 0. The van der Waals surface area contributed by atoms with Crippen molar-refractivity contribution in [1.82, 2.24) is 10.6 Å². The number of benzene rings is 1. The fourth-order valence-electron chi connectivity index (χ4n) is 1.91. The Balaban J connectivity index is 1.68. The fraction of sp³-hybridized carbons (Fsp3) is 0.294. The molecule has 7 nitrogen and oxygen atoms in total. The van der Waals surface area contributed by atoms with Crippen molar-refractivity contribution in [2.24, 2.45) is 0 Å². The van der Waals surface area contributed by atoms with E-state index in [4.69, 9.17) is 13.9 Å². The summed E-state index contributed by atoms with van der Waals surface area (Å²) in [7, 11) is 1.58. The van der Waals surface area contributed by atoms with Gasteiger partial charge in [0.15, 0.2) is 11.9 Å². The summed E-state index contributed by atoms with van der Waals surface area (Å²) in [6, 6.07) is 10.2. The number of ether oxygens (including phenoxy) is 2. The minimum absolute atomic E-state index is 0.234. The van der Waals surface area contributed by atoms with E-state index in [-0.39, 0.29) is 17.6 Å². The molecular formula is C17H20N2O5. The predicted molar refractivity (Wildman–Crippen MR) is 87.1 cm³/mol. The van der Waals surface area contributed by atoms with Crippen molar-refractivity contribution in [2.45, 2.75) is 13.0 Å². The van der Waals surface area contributed by atoms with E-state index in [0.29, 0.717) is 24.6 Å². The van der Waals surface area contributed by atoms with Gasteiger partial charge in [0.2, 0.25) is 0 Å². The summed E-state index contributed by atoms with van der Waals surface area (Å²) in [6.07, 6.45) is 0.772. The Morgan fingerprint density at radius 1 is 1.08 bits per heavy atom. The molecule has 1 aromatic heterocycles. The van der Waals surface area contributed by atoms with Crippen molar-refractivity contribution in [3.8, 4) is 11.5 Å². The minimum atomic E-state index is -0.654. The number of furan rings is 1. The first-order valence-corrected chi connectivity index (χ1v) is 7.50. The van der Waals surface area contributed by atoms with E-state index in [0.717, 1.165) is 0 Å². The maximum Gasteiger partial charge on any atom is 0.287 e. The number of nitrogens with one attached hydrogen (secondary N) is 2. The number of hydrogen-bond donors (Lipinski definition) is 2. The van der Waals surface area contributed by atoms with E-state index in [1.807, 2.05) is 0 Å². The Hall–Kier alpha value is -2.96. The maximum absolute atomic E-state index is 12.0.